The van der Waals surface area contributed by atoms with Gasteiger partial charge >= 0.3 is 0 Å². The number of benzene rings is 1. The van der Waals surface area contributed by atoms with Crippen LogP contribution in [-0.4, -0.2) is 8.80 Å². The Morgan fingerprint density at radius 1 is 1.15 bits per heavy atom. The lowest BCUT2D eigenvalue weighted by Gasteiger charge is -1.91. The monoisotopic (exact) mass is 192 g/mol. The molecule has 0 amide bonds. The molecule has 0 fully saturated rings. The predicted octanol–water partition coefficient (Wildman–Crippen LogP) is 3.52. The van der Waals surface area contributed by atoms with E-state index in [-0.39, 0.29) is 8.80 Å². The summed E-state index contributed by atoms with van der Waals surface area (Å²) in [5.74, 6) is 0. The van der Waals surface area contributed by atoms with E-state index in [1.54, 1.807) is 0 Å². The van der Waals surface area contributed by atoms with Crippen LogP contribution in [0.2, 0.25) is 19.6 Å². The zero-order valence-corrected chi connectivity index (χ0v) is 10.1. The van der Waals surface area contributed by atoms with E-state index in [4.69, 9.17) is 0 Å². The number of allylic oxidation sites excluding steroid dienone is 1. The molecule has 0 N–H and O–H groups in total. The first kappa shape index (κ1) is 12.2. The smallest absolute Gasteiger partial charge is 0.0274 e. The van der Waals surface area contributed by atoms with Gasteiger partial charge in [-0.3, -0.25) is 0 Å². The lowest BCUT2D eigenvalue weighted by atomic mass is 10.2. The van der Waals surface area contributed by atoms with Crippen molar-refractivity contribution in [3.8, 4) is 0 Å². The van der Waals surface area contributed by atoms with E-state index in [0.717, 1.165) is 6.42 Å². The highest BCUT2D eigenvalue weighted by atomic mass is 28.3. The molecule has 1 heteroatoms. The second-order valence-electron chi connectivity index (χ2n) is 3.71. The Morgan fingerprint density at radius 3 is 2.00 bits per heavy atom. The van der Waals surface area contributed by atoms with E-state index in [2.05, 4.69) is 38.4 Å². The molecule has 1 aromatic rings. The summed E-state index contributed by atoms with van der Waals surface area (Å²) in [5.41, 5.74) is 1.33. The Morgan fingerprint density at radius 2 is 1.62 bits per heavy atom. The minimum atomic E-state index is -0.139. The average Bonchev–Trinajstić information content (AvgIpc) is 2.06. The second kappa shape index (κ2) is 7.81. The third-order valence-electron chi connectivity index (χ3n) is 1.22. The van der Waals surface area contributed by atoms with Crippen molar-refractivity contribution in [3.63, 3.8) is 0 Å². The van der Waals surface area contributed by atoms with Gasteiger partial charge in [-0.1, -0.05) is 56.0 Å². The van der Waals surface area contributed by atoms with E-state index in [1.807, 2.05) is 24.3 Å². The van der Waals surface area contributed by atoms with Gasteiger partial charge in [0, 0.05) is 8.80 Å². The minimum absolute atomic E-state index is 0.139. The standard InChI is InChI=1S/C9H10.C3H10Si/c1-2-6-9-7-4-3-5-8-9;1-4(2)3/h2-5,7-8H,1,6H2;4H,1-3H3. The van der Waals surface area contributed by atoms with Gasteiger partial charge < -0.3 is 0 Å². The highest BCUT2D eigenvalue weighted by molar-refractivity contribution is 6.54. The molecule has 0 saturated heterocycles. The summed E-state index contributed by atoms with van der Waals surface area (Å²) in [7, 11) is -0.139. The van der Waals surface area contributed by atoms with Crippen molar-refractivity contribution in [1.29, 1.82) is 0 Å². The molecule has 0 radical (unpaired) electrons. The molecule has 0 saturated carbocycles. The van der Waals surface area contributed by atoms with Gasteiger partial charge in [0.05, 0.1) is 0 Å². The molecule has 1 rings (SSSR count). The molecule has 0 unspecified atom stereocenters. The van der Waals surface area contributed by atoms with Crippen LogP contribution in [0, 0.1) is 0 Å². The molecule has 72 valence electrons. The molecule has 0 bridgehead atoms. The fraction of sp³-hybridized carbons (Fsp3) is 0.333. The largest absolute Gasteiger partial charge is 0.103 e. The molecule has 0 aliphatic heterocycles. The Labute approximate surface area is 83.9 Å². The van der Waals surface area contributed by atoms with Crippen molar-refractivity contribution in [2.75, 3.05) is 0 Å². The summed E-state index contributed by atoms with van der Waals surface area (Å²) in [6, 6.07) is 10.3. The average molecular weight is 192 g/mol. The van der Waals surface area contributed by atoms with Crippen LogP contribution in [0.1, 0.15) is 5.56 Å². The van der Waals surface area contributed by atoms with Crippen molar-refractivity contribution >= 4 is 8.80 Å². The van der Waals surface area contributed by atoms with Crippen LogP contribution >= 0.6 is 0 Å². The van der Waals surface area contributed by atoms with Gasteiger partial charge in [-0.25, -0.2) is 0 Å². The molecule has 0 nitrogen and oxygen atoms in total. The van der Waals surface area contributed by atoms with E-state index in [1.165, 1.54) is 5.56 Å². The summed E-state index contributed by atoms with van der Waals surface area (Å²) < 4.78 is 0. The molecule has 0 aromatic heterocycles. The van der Waals surface area contributed by atoms with Crippen LogP contribution in [0.25, 0.3) is 0 Å². The van der Waals surface area contributed by atoms with E-state index in [9.17, 15) is 0 Å². The molecular weight excluding hydrogens is 172 g/mol. The minimum Gasteiger partial charge on any atom is -0.103 e. The summed E-state index contributed by atoms with van der Waals surface area (Å²) >= 11 is 0. The maximum absolute atomic E-state index is 3.66. The number of rotatable bonds is 2. The van der Waals surface area contributed by atoms with E-state index in [0.29, 0.717) is 0 Å². The Bertz CT molecular complexity index is 211. The van der Waals surface area contributed by atoms with Crippen molar-refractivity contribution in [2.45, 2.75) is 26.1 Å². The molecule has 1 aromatic carbocycles. The Kier molecular flexibility index (Phi) is 7.31. The topological polar surface area (TPSA) is 0 Å². The maximum Gasteiger partial charge on any atom is 0.0274 e. The lowest BCUT2D eigenvalue weighted by molar-refractivity contribution is 1.28. The fourth-order valence-electron chi connectivity index (χ4n) is 0.781. The molecule has 0 atom stereocenters. The maximum atomic E-state index is 3.66. The van der Waals surface area contributed by atoms with Crippen LogP contribution in [0.4, 0.5) is 0 Å². The first-order valence-corrected chi connectivity index (χ1v) is 8.28. The van der Waals surface area contributed by atoms with Gasteiger partial charge in [-0.2, -0.15) is 0 Å². The Hall–Kier alpha value is -0.823. The highest BCUT2D eigenvalue weighted by Gasteiger charge is 1.82. The third kappa shape index (κ3) is 9.09. The van der Waals surface area contributed by atoms with Crippen molar-refractivity contribution in [2.24, 2.45) is 0 Å². The van der Waals surface area contributed by atoms with E-state index >= 15 is 0 Å². The normalized spacial score (nSPS) is 8.92. The molecule has 0 aliphatic carbocycles. The van der Waals surface area contributed by atoms with Gasteiger partial charge in [0.1, 0.15) is 0 Å². The summed E-state index contributed by atoms with van der Waals surface area (Å²) in [5, 5.41) is 0. The molecule has 13 heavy (non-hydrogen) atoms. The first-order chi connectivity index (χ1) is 6.16. The van der Waals surface area contributed by atoms with Crippen LogP contribution in [0.5, 0.6) is 0 Å². The predicted molar refractivity (Wildman–Crippen MR) is 65.1 cm³/mol. The molecule has 0 heterocycles. The third-order valence-corrected chi connectivity index (χ3v) is 1.22. The van der Waals surface area contributed by atoms with Gasteiger partial charge in [0.2, 0.25) is 0 Å². The SMILES string of the molecule is C=CCc1ccccc1.C[SiH](C)C. The van der Waals surface area contributed by atoms with Crippen molar-refractivity contribution < 1.29 is 0 Å². The lowest BCUT2D eigenvalue weighted by Crippen LogP contribution is -1.84. The van der Waals surface area contributed by atoms with Crippen molar-refractivity contribution in [1.82, 2.24) is 0 Å². The number of hydrogen-bond donors (Lipinski definition) is 0. The van der Waals surface area contributed by atoms with Crippen LogP contribution in [0.3, 0.4) is 0 Å². The quantitative estimate of drug-likeness (QED) is 0.497. The summed E-state index contributed by atoms with van der Waals surface area (Å²) in [6.07, 6.45) is 2.89. The second-order valence-corrected chi connectivity index (χ2v) is 7.17. The fourth-order valence-corrected chi connectivity index (χ4v) is 0.781. The van der Waals surface area contributed by atoms with Gasteiger partial charge in [0.25, 0.3) is 0 Å². The van der Waals surface area contributed by atoms with Gasteiger partial charge in [0.15, 0.2) is 0 Å². The molecule has 0 spiro atoms. The first-order valence-electron chi connectivity index (χ1n) is 4.81. The van der Waals surface area contributed by atoms with Gasteiger partial charge in [-0.15, -0.1) is 6.58 Å². The Balaban J connectivity index is 0.000000310. The van der Waals surface area contributed by atoms with Crippen LogP contribution in [0.15, 0.2) is 43.0 Å². The van der Waals surface area contributed by atoms with Crippen LogP contribution < -0.4 is 0 Å². The molecular formula is C12H20Si. The summed E-state index contributed by atoms with van der Waals surface area (Å²) in [6.45, 7) is 10.6. The van der Waals surface area contributed by atoms with Crippen molar-refractivity contribution in [3.05, 3.63) is 48.6 Å². The molecule has 0 aliphatic rings. The highest BCUT2D eigenvalue weighted by Crippen LogP contribution is 1.98. The zero-order chi connectivity index (χ0) is 10.1. The van der Waals surface area contributed by atoms with Gasteiger partial charge in [-0.05, 0) is 12.0 Å². The number of hydrogen-bond acceptors (Lipinski definition) is 0. The van der Waals surface area contributed by atoms with E-state index < -0.39 is 0 Å². The van der Waals surface area contributed by atoms with Crippen LogP contribution in [-0.2, 0) is 6.42 Å². The summed E-state index contributed by atoms with van der Waals surface area (Å²) in [4.78, 5) is 0. The zero-order valence-electron chi connectivity index (χ0n) is 8.96.